The summed E-state index contributed by atoms with van der Waals surface area (Å²) in [6, 6.07) is 4.20. The molecule has 0 bridgehead atoms. The number of methoxy groups -OCH3 is 2. The van der Waals surface area contributed by atoms with E-state index < -0.39 is 0 Å². The highest BCUT2D eigenvalue weighted by molar-refractivity contribution is 6.00. The largest absolute Gasteiger partial charge is 0.493 e. The van der Waals surface area contributed by atoms with Crippen LogP contribution in [0.1, 0.15) is 44.2 Å². The molecule has 142 valence electrons. The molecule has 0 unspecified atom stereocenters. The van der Waals surface area contributed by atoms with Crippen LogP contribution in [0.15, 0.2) is 12.1 Å². The van der Waals surface area contributed by atoms with Gasteiger partial charge in [0.25, 0.3) is 0 Å². The summed E-state index contributed by atoms with van der Waals surface area (Å²) in [7, 11) is 3.35. The van der Waals surface area contributed by atoms with Crippen LogP contribution >= 0.6 is 0 Å². The van der Waals surface area contributed by atoms with E-state index in [1.165, 1.54) is 16.8 Å². The first-order valence-electron chi connectivity index (χ1n) is 9.62. The van der Waals surface area contributed by atoms with Gasteiger partial charge in [0, 0.05) is 30.7 Å². The number of carbonyl (C=O) groups is 1. The normalized spacial score (nSPS) is 21.7. The third-order valence-electron chi connectivity index (χ3n) is 5.79. The minimum absolute atomic E-state index is 0.0756. The molecule has 5 heteroatoms. The minimum atomic E-state index is -0.0756. The van der Waals surface area contributed by atoms with Crippen molar-refractivity contribution in [1.82, 2.24) is 0 Å². The number of rotatable bonds is 6. The van der Waals surface area contributed by atoms with Crippen molar-refractivity contribution in [3.8, 4) is 11.5 Å². The molecule has 0 aliphatic carbocycles. The number of esters is 1. The summed E-state index contributed by atoms with van der Waals surface area (Å²) in [4.78, 5) is 12.1. The highest BCUT2D eigenvalue weighted by Crippen LogP contribution is 2.37. The molecular formula is C21H30NO4+. The van der Waals surface area contributed by atoms with Crippen LogP contribution in [-0.2, 0) is 16.0 Å². The summed E-state index contributed by atoms with van der Waals surface area (Å²) < 4.78 is 18.7. The Morgan fingerprint density at radius 1 is 1.15 bits per heavy atom. The van der Waals surface area contributed by atoms with Gasteiger partial charge in [0.2, 0.25) is 0 Å². The molecule has 26 heavy (non-hydrogen) atoms. The molecule has 1 aromatic carbocycles. The summed E-state index contributed by atoms with van der Waals surface area (Å²) in [5.41, 5.74) is 3.89. The average Bonchev–Trinajstić information content (AvgIpc) is 2.66. The van der Waals surface area contributed by atoms with Gasteiger partial charge < -0.3 is 14.2 Å². The molecule has 0 saturated heterocycles. The first-order chi connectivity index (χ1) is 12.6. The predicted molar refractivity (Wildman–Crippen MR) is 100 cm³/mol. The van der Waals surface area contributed by atoms with Crippen LogP contribution in [0, 0.1) is 11.8 Å². The second kappa shape index (κ2) is 8.11. The lowest BCUT2D eigenvalue weighted by Crippen LogP contribution is -2.42. The van der Waals surface area contributed by atoms with Crippen LogP contribution in [-0.4, -0.2) is 50.2 Å². The molecule has 1 aromatic rings. The zero-order valence-electron chi connectivity index (χ0n) is 16.3. The molecule has 5 nitrogen and oxygen atoms in total. The monoisotopic (exact) mass is 360 g/mol. The molecule has 2 aliphatic heterocycles. The summed E-state index contributed by atoms with van der Waals surface area (Å²) >= 11 is 0. The molecule has 0 radical (unpaired) electrons. The Balaban J connectivity index is 1.93. The van der Waals surface area contributed by atoms with Crippen molar-refractivity contribution in [2.24, 2.45) is 11.8 Å². The smallest absolute Gasteiger partial charge is 0.306 e. The molecule has 0 spiro atoms. The zero-order valence-corrected chi connectivity index (χ0v) is 16.3. The van der Waals surface area contributed by atoms with Crippen LogP contribution in [0.5, 0.6) is 11.5 Å². The quantitative estimate of drug-likeness (QED) is 0.578. The fourth-order valence-electron chi connectivity index (χ4n) is 4.38. The van der Waals surface area contributed by atoms with E-state index >= 15 is 0 Å². The lowest BCUT2D eigenvalue weighted by atomic mass is 9.77. The Labute approximate surface area is 156 Å². The number of hydrogen-bond donors (Lipinski definition) is 0. The third kappa shape index (κ3) is 3.57. The SMILES string of the molecule is CCOC(=O)C[C@H]1CC2=[N+](CCc3cc(OC)c(OC)cc32)C[C@@H]1CC. The van der Waals surface area contributed by atoms with Gasteiger partial charge in [-0.05, 0) is 37.0 Å². The van der Waals surface area contributed by atoms with E-state index in [4.69, 9.17) is 14.2 Å². The van der Waals surface area contributed by atoms with Crippen LogP contribution in [0.3, 0.4) is 0 Å². The Morgan fingerprint density at radius 3 is 2.54 bits per heavy atom. The molecular weight excluding hydrogens is 330 g/mol. The Hall–Kier alpha value is -2.04. The first kappa shape index (κ1) is 18.7. The standard InChI is InChI=1S/C21H30NO4/c1-5-14-13-22-8-7-15-10-19(24-3)20(25-4)12-17(15)18(22)9-16(14)11-21(23)26-6-2/h10,12,14,16H,5-9,11,13H2,1-4H3/q+1/t14-,16+/m0/s1. The van der Waals surface area contributed by atoms with Crippen molar-refractivity contribution >= 4 is 11.7 Å². The molecule has 0 saturated carbocycles. The third-order valence-corrected chi connectivity index (χ3v) is 5.79. The van der Waals surface area contributed by atoms with E-state index in [9.17, 15) is 4.79 Å². The van der Waals surface area contributed by atoms with E-state index in [-0.39, 0.29) is 5.97 Å². The van der Waals surface area contributed by atoms with Gasteiger partial charge in [-0.3, -0.25) is 4.79 Å². The molecule has 0 fully saturated rings. The lowest BCUT2D eigenvalue weighted by Gasteiger charge is -2.32. The van der Waals surface area contributed by atoms with Crippen LogP contribution < -0.4 is 9.47 Å². The summed E-state index contributed by atoms with van der Waals surface area (Å²) in [5, 5.41) is 0. The van der Waals surface area contributed by atoms with Crippen LogP contribution in [0.25, 0.3) is 0 Å². The molecule has 2 atom stereocenters. The number of benzene rings is 1. The number of carbonyl (C=O) groups excluding carboxylic acids is 1. The Morgan fingerprint density at radius 2 is 1.88 bits per heavy atom. The summed E-state index contributed by atoms with van der Waals surface area (Å²) in [6.07, 6.45) is 3.52. The molecule has 3 rings (SSSR count). The average molecular weight is 360 g/mol. The molecule has 2 heterocycles. The molecule has 0 amide bonds. The van der Waals surface area contributed by atoms with Crippen LogP contribution in [0.4, 0.5) is 0 Å². The van der Waals surface area contributed by atoms with Crippen molar-refractivity contribution in [1.29, 1.82) is 0 Å². The van der Waals surface area contributed by atoms with Crippen molar-refractivity contribution in [3.05, 3.63) is 23.3 Å². The van der Waals surface area contributed by atoms with Gasteiger partial charge in [0.05, 0.1) is 20.8 Å². The van der Waals surface area contributed by atoms with Gasteiger partial charge >= 0.3 is 5.97 Å². The van der Waals surface area contributed by atoms with E-state index in [2.05, 4.69) is 23.6 Å². The fourth-order valence-corrected chi connectivity index (χ4v) is 4.38. The van der Waals surface area contributed by atoms with Crippen molar-refractivity contribution in [3.63, 3.8) is 0 Å². The van der Waals surface area contributed by atoms with Gasteiger partial charge in [0.15, 0.2) is 17.2 Å². The maximum atomic E-state index is 12.1. The summed E-state index contributed by atoms with van der Waals surface area (Å²) in [6.45, 7) is 6.58. The van der Waals surface area contributed by atoms with Crippen molar-refractivity contribution in [2.75, 3.05) is 33.9 Å². The maximum absolute atomic E-state index is 12.1. The van der Waals surface area contributed by atoms with E-state index in [0.717, 1.165) is 43.9 Å². The molecule has 0 N–H and O–H groups in total. The molecule has 0 aromatic heterocycles. The second-order valence-corrected chi connectivity index (χ2v) is 7.15. The number of ether oxygens (including phenoxy) is 3. The highest BCUT2D eigenvalue weighted by atomic mass is 16.5. The first-order valence-corrected chi connectivity index (χ1v) is 9.62. The number of hydrogen-bond acceptors (Lipinski definition) is 4. The van der Waals surface area contributed by atoms with Crippen LogP contribution in [0.2, 0.25) is 0 Å². The molecule has 2 aliphatic rings. The van der Waals surface area contributed by atoms with Gasteiger partial charge in [0.1, 0.15) is 13.1 Å². The highest BCUT2D eigenvalue weighted by Gasteiger charge is 2.39. The van der Waals surface area contributed by atoms with Crippen molar-refractivity contribution in [2.45, 2.75) is 39.5 Å². The van der Waals surface area contributed by atoms with E-state index in [1.807, 2.05) is 6.92 Å². The second-order valence-electron chi connectivity index (χ2n) is 7.15. The fraction of sp³-hybridized carbons (Fsp3) is 0.619. The predicted octanol–water partition coefficient (Wildman–Crippen LogP) is 3.06. The van der Waals surface area contributed by atoms with Gasteiger partial charge in [-0.2, -0.15) is 0 Å². The van der Waals surface area contributed by atoms with Crippen molar-refractivity contribution < 1.29 is 23.6 Å². The van der Waals surface area contributed by atoms with Gasteiger partial charge in [-0.1, -0.05) is 6.92 Å². The zero-order chi connectivity index (χ0) is 18.7. The van der Waals surface area contributed by atoms with Gasteiger partial charge in [-0.25, -0.2) is 4.58 Å². The maximum Gasteiger partial charge on any atom is 0.306 e. The van der Waals surface area contributed by atoms with Gasteiger partial charge in [-0.15, -0.1) is 0 Å². The van der Waals surface area contributed by atoms with E-state index in [1.54, 1.807) is 14.2 Å². The lowest BCUT2D eigenvalue weighted by molar-refractivity contribution is -0.543. The summed E-state index contributed by atoms with van der Waals surface area (Å²) in [5.74, 6) is 2.34. The number of nitrogens with zero attached hydrogens (tertiary/aromatic N) is 1. The topological polar surface area (TPSA) is 47.8 Å². The van der Waals surface area contributed by atoms with E-state index in [0.29, 0.717) is 24.9 Å². The number of fused-ring (bicyclic) bond motifs is 2. The Kier molecular flexibility index (Phi) is 5.84. The Bertz CT molecular complexity index is 710. The minimum Gasteiger partial charge on any atom is -0.493 e.